The summed E-state index contributed by atoms with van der Waals surface area (Å²) >= 11 is 18.4. The molecule has 1 heterocycles. The van der Waals surface area contributed by atoms with Crippen LogP contribution in [0.2, 0.25) is 15.1 Å². The maximum absolute atomic E-state index is 6.19. The molecule has 106 valence electrons. The molecule has 0 aliphatic carbocycles. The monoisotopic (exact) mass is 321 g/mol. The molecule has 0 spiro atoms. The van der Waals surface area contributed by atoms with E-state index in [1.165, 1.54) is 0 Å². The average molecular weight is 323 g/mol. The van der Waals surface area contributed by atoms with E-state index in [2.05, 4.69) is 12.2 Å². The minimum atomic E-state index is 0.412. The molecule has 0 amide bonds. The van der Waals surface area contributed by atoms with E-state index < -0.39 is 0 Å². The number of ether oxygens (including phenoxy) is 1. The van der Waals surface area contributed by atoms with Gasteiger partial charge in [0.1, 0.15) is 0 Å². The van der Waals surface area contributed by atoms with Gasteiger partial charge in [-0.2, -0.15) is 0 Å². The van der Waals surface area contributed by atoms with Crippen LogP contribution in [-0.2, 0) is 11.3 Å². The molecule has 0 bridgehead atoms. The molecule has 1 aromatic rings. The summed E-state index contributed by atoms with van der Waals surface area (Å²) in [4.78, 5) is 0. The zero-order valence-electron chi connectivity index (χ0n) is 10.9. The Kier molecular flexibility index (Phi) is 5.79. The van der Waals surface area contributed by atoms with Crippen LogP contribution in [0, 0.1) is 5.92 Å². The molecule has 0 saturated carbocycles. The number of halogens is 3. The fraction of sp³-hybridized carbons (Fsp3) is 0.571. The van der Waals surface area contributed by atoms with Gasteiger partial charge in [0.15, 0.2) is 0 Å². The first-order valence-electron chi connectivity index (χ1n) is 6.53. The highest BCUT2D eigenvalue weighted by Gasteiger charge is 2.20. The molecule has 0 radical (unpaired) electrons. The smallest absolute Gasteiger partial charge is 0.0652 e. The van der Waals surface area contributed by atoms with Crippen molar-refractivity contribution >= 4 is 34.8 Å². The van der Waals surface area contributed by atoms with Crippen LogP contribution in [0.3, 0.4) is 0 Å². The fourth-order valence-corrected chi connectivity index (χ4v) is 3.06. The van der Waals surface area contributed by atoms with Crippen molar-refractivity contribution in [3.05, 3.63) is 32.8 Å². The predicted octanol–water partition coefficient (Wildman–Crippen LogP) is 4.55. The molecule has 2 nitrogen and oxygen atoms in total. The molecule has 2 rings (SSSR count). The molecule has 0 aromatic heterocycles. The Morgan fingerprint density at radius 3 is 2.53 bits per heavy atom. The summed E-state index contributed by atoms with van der Waals surface area (Å²) in [5.74, 6) is 0.644. The van der Waals surface area contributed by atoms with Gasteiger partial charge in [0.05, 0.1) is 10.0 Å². The summed E-state index contributed by atoms with van der Waals surface area (Å²) in [6.45, 7) is 4.55. The molecule has 1 aliphatic rings. The van der Waals surface area contributed by atoms with Crippen LogP contribution in [0.25, 0.3) is 0 Å². The van der Waals surface area contributed by atoms with Gasteiger partial charge in [-0.3, -0.25) is 0 Å². The second-order valence-corrected chi connectivity index (χ2v) is 6.13. The largest absolute Gasteiger partial charge is 0.381 e. The predicted molar refractivity (Wildman–Crippen MR) is 81.3 cm³/mol. The van der Waals surface area contributed by atoms with Gasteiger partial charge in [-0.1, -0.05) is 34.8 Å². The zero-order valence-corrected chi connectivity index (χ0v) is 13.2. The lowest BCUT2D eigenvalue weighted by Crippen LogP contribution is -2.36. The zero-order chi connectivity index (χ0) is 13.8. The summed E-state index contributed by atoms with van der Waals surface area (Å²) < 4.78 is 5.38. The van der Waals surface area contributed by atoms with Gasteiger partial charge in [0.2, 0.25) is 0 Å². The second kappa shape index (κ2) is 7.14. The summed E-state index contributed by atoms with van der Waals surface area (Å²) in [5.41, 5.74) is 0.870. The number of nitrogens with one attached hydrogen (secondary N) is 1. The van der Waals surface area contributed by atoms with Crippen molar-refractivity contribution in [2.45, 2.75) is 32.4 Å². The van der Waals surface area contributed by atoms with Gasteiger partial charge in [-0.25, -0.2) is 0 Å². The van der Waals surface area contributed by atoms with Crippen LogP contribution in [0.15, 0.2) is 12.1 Å². The van der Waals surface area contributed by atoms with Crippen molar-refractivity contribution in [1.82, 2.24) is 5.32 Å². The molecular formula is C14H18Cl3NO. The highest BCUT2D eigenvalue weighted by atomic mass is 35.5. The molecule has 1 N–H and O–H groups in total. The third kappa shape index (κ3) is 3.99. The van der Waals surface area contributed by atoms with Gasteiger partial charge >= 0.3 is 0 Å². The van der Waals surface area contributed by atoms with Crippen molar-refractivity contribution in [3.8, 4) is 0 Å². The minimum Gasteiger partial charge on any atom is -0.381 e. The number of hydrogen-bond donors (Lipinski definition) is 1. The van der Waals surface area contributed by atoms with Gasteiger partial charge in [-0.15, -0.1) is 0 Å². The van der Waals surface area contributed by atoms with E-state index in [-0.39, 0.29) is 0 Å². The molecule has 1 aromatic carbocycles. The van der Waals surface area contributed by atoms with Gasteiger partial charge in [0, 0.05) is 36.4 Å². The number of rotatable bonds is 4. The molecule has 19 heavy (non-hydrogen) atoms. The topological polar surface area (TPSA) is 21.3 Å². The van der Waals surface area contributed by atoms with E-state index in [1.54, 1.807) is 12.1 Å². The fourth-order valence-electron chi connectivity index (χ4n) is 2.38. The van der Waals surface area contributed by atoms with E-state index in [9.17, 15) is 0 Å². The highest BCUT2D eigenvalue weighted by molar-refractivity contribution is 6.44. The first-order chi connectivity index (χ1) is 9.09. The van der Waals surface area contributed by atoms with Crippen LogP contribution in [-0.4, -0.2) is 19.3 Å². The van der Waals surface area contributed by atoms with E-state index in [0.29, 0.717) is 33.6 Å². The Balaban J connectivity index is 1.96. The third-order valence-corrected chi connectivity index (χ3v) is 4.91. The van der Waals surface area contributed by atoms with Crippen LogP contribution < -0.4 is 5.32 Å². The van der Waals surface area contributed by atoms with E-state index in [1.807, 2.05) is 0 Å². The Morgan fingerprint density at radius 1 is 1.21 bits per heavy atom. The Hall–Kier alpha value is 0.01000. The lowest BCUT2D eigenvalue weighted by atomic mass is 9.93. The van der Waals surface area contributed by atoms with Crippen LogP contribution in [0.1, 0.15) is 25.3 Å². The molecule has 1 atom stereocenters. The second-order valence-electron chi connectivity index (χ2n) is 4.94. The Labute approximate surface area is 129 Å². The maximum atomic E-state index is 6.19. The van der Waals surface area contributed by atoms with Gasteiger partial charge < -0.3 is 10.1 Å². The summed E-state index contributed by atoms with van der Waals surface area (Å²) in [6.07, 6.45) is 2.20. The van der Waals surface area contributed by atoms with Crippen molar-refractivity contribution in [2.75, 3.05) is 13.2 Å². The maximum Gasteiger partial charge on any atom is 0.0652 e. The summed E-state index contributed by atoms with van der Waals surface area (Å²) in [5, 5.41) is 5.23. The SMILES string of the molecule is CC(NCc1c(Cl)ccc(Cl)c1Cl)C1CCOCC1. The molecule has 5 heteroatoms. The van der Waals surface area contributed by atoms with E-state index in [0.717, 1.165) is 31.6 Å². The van der Waals surface area contributed by atoms with Gasteiger partial charge in [-0.05, 0) is 37.8 Å². The van der Waals surface area contributed by atoms with Gasteiger partial charge in [0.25, 0.3) is 0 Å². The molecule has 1 saturated heterocycles. The first kappa shape index (κ1) is 15.4. The molecule has 1 aliphatic heterocycles. The van der Waals surface area contributed by atoms with Crippen LogP contribution in [0.5, 0.6) is 0 Å². The summed E-state index contributed by atoms with van der Waals surface area (Å²) in [7, 11) is 0. The quantitative estimate of drug-likeness (QED) is 0.821. The normalized spacial score (nSPS) is 18.5. The van der Waals surface area contributed by atoms with Crippen molar-refractivity contribution in [3.63, 3.8) is 0 Å². The number of benzene rings is 1. The lowest BCUT2D eigenvalue weighted by molar-refractivity contribution is 0.0558. The molecule has 1 unspecified atom stereocenters. The third-order valence-electron chi connectivity index (χ3n) is 3.71. The van der Waals surface area contributed by atoms with E-state index in [4.69, 9.17) is 39.5 Å². The van der Waals surface area contributed by atoms with Crippen molar-refractivity contribution in [1.29, 1.82) is 0 Å². The Bertz CT molecular complexity index is 433. The lowest BCUT2D eigenvalue weighted by Gasteiger charge is -2.28. The van der Waals surface area contributed by atoms with E-state index >= 15 is 0 Å². The van der Waals surface area contributed by atoms with Crippen molar-refractivity contribution in [2.24, 2.45) is 5.92 Å². The van der Waals surface area contributed by atoms with Crippen LogP contribution >= 0.6 is 34.8 Å². The van der Waals surface area contributed by atoms with Crippen molar-refractivity contribution < 1.29 is 4.74 Å². The summed E-state index contributed by atoms with van der Waals surface area (Å²) in [6, 6.07) is 3.92. The first-order valence-corrected chi connectivity index (χ1v) is 7.66. The minimum absolute atomic E-state index is 0.412. The Morgan fingerprint density at radius 2 is 1.84 bits per heavy atom. The highest BCUT2D eigenvalue weighted by Crippen LogP contribution is 2.31. The average Bonchev–Trinajstić information content (AvgIpc) is 2.44. The molecule has 1 fully saturated rings. The molecular weight excluding hydrogens is 305 g/mol. The number of hydrogen-bond acceptors (Lipinski definition) is 2. The standard InChI is InChI=1S/C14H18Cl3NO/c1-9(10-4-6-19-7-5-10)18-8-11-12(15)2-3-13(16)14(11)17/h2-3,9-10,18H,4-8H2,1H3. The van der Waals surface area contributed by atoms with Crippen LogP contribution in [0.4, 0.5) is 0 Å².